The van der Waals surface area contributed by atoms with Crippen LogP contribution in [0.25, 0.3) is 11.6 Å². The van der Waals surface area contributed by atoms with Crippen molar-refractivity contribution in [2.75, 3.05) is 7.11 Å². The zero-order valence-corrected chi connectivity index (χ0v) is 18.3. The molecule has 0 spiro atoms. The highest BCUT2D eigenvalue weighted by atomic mass is 35.5. The van der Waals surface area contributed by atoms with Gasteiger partial charge in [0.2, 0.25) is 0 Å². The van der Waals surface area contributed by atoms with E-state index < -0.39 is 0 Å². The lowest BCUT2D eigenvalue weighted by molar-refractivity contribution is 0.201. The number of methoxy groups -OCH3 is 1. The van der Waals surface area contributed by atoms with Gasteiger partial charge < -0.3 is 9.47 Å². The van der Waals surface area contributed by atoms with Crippen molar-refractivity contribution >= 4 is 34.9 Å². The molecule has 1 heterocycles. The van der Waals surface area contributed by atoms with Crippen LogP contribution in [0.5, 0.6) is 11.5 Å². The van der Waals surface area contributed by atoms with E-state index in [1.807, 2.05) is 42.5 Å². The maximum atomic E-state index is 6.40. The fourth-order valence-electron chi connectivity index (χ4n) is 3.78. The van der Waals surface area contributed by atoms with Gasteiger partial charge in [-0.1, -0.05) is 59.6 Å². The number of ether oxygens (including phenoxy) is 2. The van der Waals surface area contributed by atoms with Gasteiger partial charge in [-0.15, -0.1) is 0 Å². The summed E-state index contributed by atoms with van der Waals surface area (Å²) in [6.07, 6.45) is 10.0. The number of hydrogen-bond donors (Lipinski definition) is 0. The minimum atomic E-state index is 0.238. The first-order valence-corrected chi connectivity index (χ1v) is 10.8. The van der Waals surface area contributed by atoms with Crippen LogP contribution < -0.4 is 9.47 Å². The topological polar surface area (TPSA) is 31.4 Å². The molecule has 3 nitrogen and oxygen atoms in total. The van der Waals surface area contributed by atoms with Crippen molar-refractivity contribution in [2.24, 2.45) is 0 Å². The number of nitrogens with zero attached hydrogens (tertiary/aromatic N) is 1. The predicted octanol–water partition coefficient (Wildman–Crippen LogP) is 7.31. The van der Waals surface area contributed by atoms with Gasteiger partial charge in [0.1, 0.15) is 0 Å². The lowest BCUT2D eigenvalue weighted by atomic mass is 9.95. The first-order valence-electron chi connectivity index (χ1n) is 10.1. The molecule has 0 bridgehead atoms. The first kappa shape index (κ1) is 20.8. The van der Waals surface area contributed by atoms with Crippen LogP contribution >= 0.6 is 23.2 Å². The SMILES string of the molecule is COc1ccc(C(=Cc2c(Cl)cncc2Cl)c2ccccc2)cc1OC1CCCC1. The Hall–Kier alpha value is -2.49. The van der Waals surface area contributed by atoms with E-state index in [1.165, 1.54) is 12.8 Å². The summed E-state index contributed by atoms with van der Waals surface area (Å²) in [6, 6.07) is 16.2. The molecular formula is C25H23Cl2NO2. The summed E-state index contributed by atoms with van der Waals surface area (Å²) >= 11 is 12.8. The quantitative estimate of drug-likeness (QED) is 0.403. The Labute approximate surface area is 187 Å². The average Bonchev–Trinajstić information content (AvgIpc) is 3.27. The van der Waals surface area contributed by atoms with E-state index in [0.29, 0.717) is 10.0 Å². The lowest BCUT2D eigenvalue weighted by Gasteiger charge is -2.18. The Morgan fingerprint density at radius 2 is 1.63 bits per heavy atom. The molecule has 0 unspecified atom stereocenters. The number of hydrogen-bond acceptors (Lipinski definition) is 3. The summed E-state index contributed by atoms with van der Waals surface area (Å²) in [7, 11) is 1.67. The zero-order valence-electron chi connectivity index (χ0n) is 16.8. The monoisotopic (exact) mass is 439 g/mol. The third-order valence-electron chi connectivity index (χ3n) is 5.33. The largest absolute Gasteiger partial charge is 0.493 e. The van der Waals surface area contributed by atoms with Crippen LogP contribution in [0.1, 0.15) is 42.4 Å². The number of pyridine rings is 1. The molecule has 1 aliphatic rings. The van der Waals surface area contributed by atoms with E-state index in [4.69, 9.17) is 32.7 Å². The Morgan fingerprint density at radius 1 is 0.933 bits per heavy atom. The van der Waals surface area contributed by atoms with Gasteiger partial charge in [-0.3, -0.25) is 4.98 Å². The molecule has 5 heteroatoms. The van der Waals surface area contributed by atoms with Gasteiger partial charge in [0.25, 0.3) is 0 Å². The van der Waals surface area contributed by atoms with Gasteiger partial charge in [-0.05, 0) is 60.6 Å². The zero-order chi connectivity index (χ0) is 20.9. The molecular weight excluding hydrogens is 417 g/mol. The van der Waals surface area contributed by atoms with E-state index in [2.05, 4.69) is 17.1 Å². The third-order valence-corrected chi connectivity index (χ3v) is 5.94. The van der Waals surface area contributed by atoms with E-state index in [0.717, 1.165) is 46.6 Å². The van der Waals surface area contributed by atoms with Crippen LogP contribution in [-0.2, 0) is 0 Å². The summed E-state index contributed by atoms with van der Waals surface area (Å²) < 4.78 is 11.9. The lowest BCUT2D eigenvalue weighted by Crippen LogP contribution is -2.11. The number of aromatic nitrogens is 1. The predicted molar refractivity (Wildman–Crippen MR) is 124 cm³/mol. The van der Waals surface area contributed by atoms with Gasteiger partial charge in [-0.2, -0.15) is 0 Å². The number of halogens is 2. The summed E-state index contributed by atoms with van der Waals surface area (Å²) in [5.41, 5.74) is 3.78. The van der Waals surface area contributed by atoms with Gasteiger partial charge >= 0.3 is 0 Å². The van der Waals surface area contributed by atoms with Gasteiger partial charge in [0.15, 0.2) is 11.5 Å². The highest BCUT2D eigenvalue weighted by Gasteiger charge is 2.19. The van der Waals surface area contributed by atoms with Crippen LogP contribution in [0.4, 0.5) is 0 Å². The van der Waals surface area contributed by atoms with Crippen molar-refractivity contribution < 1.29 is 9.47 Å². The van der Waals surface area contributed by atoms with E-state index in [9.17, 15) is 0 Å². The van der Waals surface area contributed by atoms with Crippen LogP contribution in [-0.4, -0.2) is 18.2 Å². The Bertz CT molecular complexity index is 1020. The smallest absolute Gasteiger partial charge is 0.162 e. The molecule has 1 aliphatic carbocycles. The van der Waals surface area contributed by atoms with E-state index in [1.54, 1.807) is 19.5 Å². The molecule has 0 atom stereocenters. The second kappa shape index (κ2) is 9.55. The molecule has 0 amide bonds. The molecule has 0 saturated heterocycles. The average molecular weight is 440 g/mol. The summed E-state index contributed by atoms with van der Waals surface area (Å²) in [5, 5.41) is 1.01. The second-order valence-electron chi connectivity index (χ2n) is 7.33. The molecule has 2 aromatic carbocycles. The number of rotatable bonds is 6. The molecule has 1 fully saturated rings. The van der Waals surface area contributed by atoms with Crippen molar-refractivity contribution in [1.82, 2.24) is 4.98 Å². The Kier molecular flexibility index (Phi) is 6.61. The van der Waals surface area contributed by atoms with Crippen molar-refractivity contribution in [3.63, 3.8) is 0 Å². The molecule has 154 valence electrons. The summed E-state index contributed by atoms with van der Waals surface area (Å²) in [5.74, 6) is 1.49. The maximum Gasteiger partial charge on any atom is 0.162 e. The minimum Gasteiger partial charge on any atom is -0.493 e. The van der Waals surface area contributed by atoms with Crippen molar-refractivity contribution in [2.45, 2.75) is 31.8 Å². The summed E-state index contributed by atoms with van der Waals surface area (Å²) in [4.78, 5) is 4.06. The molecule has 1 saturated carbocycles. The fourth-order valence-corrected chi connectivity index (χ4v) is 4.25. The van der Waals surface area contributed by atoms with Crippen molar-refractivity contribution in [1.29, 1.82) is 0 Å². The molecule has 3 aromatic rings. The Balaban J connectivity index is 1.82. The standard InChI is InChI=1S/C25H23Cl2NO2/c1-29-24-12-11-18(13-25(24)30-19-9-5-6-10-19)20(17-7-3-2-4-8-17)14-21-22(26)15-28-16-23(21)27/h2-4,7-8,11-16,19H,5-6,9-10H2,1H3. The van der Waals surface area contributed by atoms with E-state index in [-0.39, 0.29) is 6.10 Å². The van der Waals surface area contributed by atoms with Crippen molar-refractivity contribution in [3.8, 4) is 11.5 Å². The first-order chi connectivity index (χ1) is 14.7. The molecule has 30 heavy (non-hydrogen) atoms. The minimum absolute atomic E-state index is 0.238. The van der Waals surface area contributed by atoms with Crippen LogP contribution in [0.2, 0.25) is 10.0 Å². The van der Waals surface area contributed by atoms with Crippen LogP contribution in [0.3, 0.4) is 0 Å². The van der Waals surface area contributed by atoms with Crippen molar-refractivity contribution in [3.05, 3.63) is 87.7 Å². The van der Waals surface area contributed by atoms with Gasteiger partial charge in [0, 0.05) is 18.0 Å². The molecule has 0 aliphatic heterocycles. The van der Waals surface area contributed by atoms with Gasteiger partial charge in [0.05, 0.1) is 23.3 Å². The molecule has 1 aromatic heterocycles. The molecule has 0 radical (unpaired) electrons. The Morgan fingerprint density at radius 3 is 2.30 bits per heavy atom. The normalized spacial score (nSPS) is 14.7. The van der Waals surface area contributed by atoms with Crippen LogP contribution in [0.15, 0.2) is 60.9 Å². The third kappa shape index (κ3) is 4.63. The fraction of sp³-hybridized carbons (Fsp3) is 0.240. The van der Waals surface area contributed by atoms with E-state index >= 15 is 0 Å². The highest BCUT2D eigenvalue weighted by molar-refractivity contribution is 6.37. The second-order valence-corrected chi connectivity index (χ2v) is 8.15. The molecule has 4 rings (SSSR count). The number of benzene rings is 2. The highest BCUT2D eigenvalue weighted by Crippen LogP contribution is 2.37. The van der Waals surface area contributed by atoms with Gasteiger partial charge in [-0.25, -0.2) is 0 Å². The maximum absolute atomic E-state index is 6.40. The summed E-state index contributed by atoms with van der Waals surface area (Å²) in [6.45, 7) is 0. The molecule has 0 N–H and O–H groups in total. The van der Waals surface area contributed by atoms with Crippen LogP contribution in [0, 0.1) is 0 Å².